The van der Waals surface area contributed by atoms with E-state index in [2.05, 4.69) is 36.8 Å². The molecule has 1 heterocycles. The molecule has 2 rings (SSSR count). The number of fused-ring (bicyclic) bond motifs is 1. The minimum absolute atomic E-state index is 0.0782. The SMILES string of the molecule is CNS(=O)(=O)CN1CCc2ccc(C(C)C)cc2C1. The molecule has 0 unspecified atom stereocenters. The van der Waals surface area contributed by atoms with Gasteiger partial charge in [-0.3, -0.25) is 4.90 Å². The van der Waals surface area contributed by atoms with E-state index in [0.717, 1.165) is 19.5 Å². The van der Waals surface area contributed by atoms with Gasteiger partial charge in [0.1, 0.15) is 5.88 Å². The minimum atomic E-state index is -3.17. The van der Waals surface area contributed by atoms with Gasteiger partial charge in [0.2, 0.25) is 10.0 Å². The summed E-state index contributed by atoms with van der Waals surface area (Å²) >= 11 is 0. The molecule has 5 heteroatoms. The zero-order chi connectivity index (χ0) is 14.0. The highest BCUT2D eigenvalue weighted by Crippen LogP contribution is 2.24. The number of sulfonamides is 1. The highest BCUT2D eigenvalue weighted by molar-refractivity contribution is 7.89. The Morgan fingerprint density at radius 1 is 1.32 bits per heavy atom. The van der Waals surface area contributed by atoms with E-state index in [1.54, 1.807) is 0 Å². The van der Waals surface area contributed by atoms with Gasteiger partial charge < -0.3 is 0 Å². The quantitative estimate of drug-likeness (QED) is 0.914. The predicted molar refractivity (Wildman–Crippen MR) is 77.5 cm³/mol. The number of hydrogen-bond donors (Lipinski definition) is 1. The number of nitrogens with one attached hydrogen (secondary N) is 1. The maximum absolute atomic E-state index is 11.6. The van der Waals surface area contributed by atoms with Crippen LogP contribution in [-0.4, -0.2) is 32.8 Å². The second-order valence-corrected chi connectivity index (χ2v) is 7.33. The first-order valence-electron chi connectivity index (χ1n) is 6.66. The lowest BCUT2D eigenvalue weighted by Gasteiger charge is -2.28. The van der Waals surface area contributed by atoms with Gasteiger partial charge in [-0.2, -0.15) is 0 Å². The van der Waals surface area contributed by atoms with Crippen molar-refractivity contribution in [3.63, 3.8) is 0 Å². The molecule has 106 valence electrons. The van der Waals surface area contributed by atoms with Crippen molar-refractivity contribution in [2.45, 2.75) is 32.7 Å². The van der Waals surface area contributed by atoms with Gasteiger partial charge in [-0.25, -0.2) is 13.1 Å². The molecule has 0 atom stereocenters. The first kappa shape index (κ1) is 14.5. The van der Waals surface area contributed by atoms with Crippen LogP contribution < -0.4 is 4.72 Å². The molecule has 0 spiro atoms. The van der Waals surface area contributed by atoms with Crippen LogP contribution in [0.15, 0.2) is 18.2 Å². The predicted octanol–water partition coefficient (Wildman–Crippen LogP) is 1.67. The lowest BCUT2D eigenvalue weighted by molar-refractivity contribution is 0.292. The molecule has 0 fully saturated rings. The fourth-order valence-corrected chi connectivity index (χ4v) is 3.24. The van der Waals surface area contributed by atoms with E-state index in [9.17, 15) is 8.42 Å². The highest BCUT2D eigenvalue weighted by atomic mass is 32.2. The second-order valence-electron chi connectivity index (χ2n) is 5.43. The summed E-state index contributed by atoms with van der Waals surface area (Å²) in [5.74, 6) is 0.580. The molecular weight excluding hydrogens is 260 g/mol. The van der Waals surface area contributed by atoms with Crippen LogP contribution in [0.5, 0.6) is 0 Å². The van der Waals surface area contributed by atoms with Crippen LogP contribution in [0.25, 0.3) is 0 Å². The lowest BCUT2D eigenvalue weighted by Crippen LogP contribution is -2.38. The lowest BCUT2D eigenvalue weighted by atomic mass is 9.94. The third-order valence-corrected chi connectivity index (χ3v) is 4.98. The van der Waals surface area contributed by atoms with Crippen LogP contribution in [0.1, 0.15) is 36.5 Å². The Morgan fingerprint density at radius 2 is 2.05 bits per heavy atom. The third kappa shape index (κ3) is 3.55. The van der Waals surface area contributed by atoms with Crippen LogP contribution in [0.2, 0.25) is 0 Å². The monoisotopic (exact) mass is 282 g/mol. The molecule has 0 aliphatic carbocycles. The summed E-state index contributed by atoms with van der Waals surface area (Å²) in [7, 11) is -1.71. The summed E-state index contributed by atoms with van der Waals surface area (Å²) < 4.78 is 25.6. The summed E-state index contributed by atoms with van der Waals surface area (Å²) in [6.45, 7) is 5.87. The van der Waals surface area contributed by atoms with Crippen LogP contribution in [0.3, 0.4) is 0 Å². The molecule has 0 aromatic heterocycles. The zero-order valence-corrected chi connectivity index (χ0v) is 12.6. The van der Waals surface area contributed by atoms with Gasteiger partial charge in [0.05, 0.1) is 0 Å². The summed E-state index contributed by atoms with van der Waals surface area (Å²) in [4.78, 5) is 1.98. The smallest absolute Gasteiger partial charge is 0.224 e. The Labute approximate surface area is 115 Å². The van der Waals surface area contributed by atoms with Crippen molar-refractivity contribution in [2.75, 3.05) is 19.5 Å². The molecule has 0 saturated heterocycles. The van der Waals surface area contributed by atoms with Crippen molar-refractivity contribution in [3.05, 3.63) is 34.9 Å². The topological polar surface area (TPSA) is 49.4 Å². The Balaban J connectivity index is 2.16. The normalized spacial score (nSPS) is 16.6. The molecule has 4 nitrogen and oxygen atoms in total. The maximum atomic E-state index is 11.6. The van der Waals surface area contributed by atoms with Crippen LogP contribution in [0, 0.1) is 0 Å². The zero-order valence-electron chi connectivity index (χ0n) is 11.8. The molecule has 0 radical (unpaired) electrons. The van der Waals surface area contributed by atoms with Crippen molar-refractivity contribution in [1.82, 2.24) is 9.62 Å². The standard InChI is InChI=1S/C14H22N2O2S/c1-11(2)13-5-4-12-6-7-16(9-14(12)8-13)10-19(17,18)15-3/h4-5,8,11,15H,6-7,9-10H2,1-3H3. The molecule has 1 N–H and O–H groups in total. The summed E-state index contributed by atoms with van der Waals surface area (Å²) in [5, 5.41) is 0. The molecular formula is C14H22N2O2S. The number of benzene rings is 1. The Morgan fingerprint density at radius 3 is 2.68 bits per heavy atom. The first-order chi connectivity index (χ1) is 8.91. The molecule has 1 aliphatic heterocycles. The molecule has 1 aromatic rings. The van der Waals surface area contributed by atoms with Gasteiger partial charge in [-0.1, -0.05) is 32.0 Å². The summed E-state index contributed by atoms with van der Waals surface area (Å²) in [6, 6.07) is 6.59. The van der Waals surface area contributed by atoms with E-state index in [4.69, 9.17) is 0 Å². The molecule has 0 amide bonds. The average Bonchev–Trinajstić information content (AvgIpc) is 2.37. The van der Waals surface area contributed by atoms with E-state index < -0.39 is 10.0 Å². The summed E-state index contributed by atoms with van der Waals surface area (Å²) in [6.07, 6.45) is 0.924. The fourth-order valence-electron chi connectivity index (χ4n) is 2.41. The second kappa shape index (κ2) is 5.61. The van der Waals surface area contributed by atoms with Crippen molar-refractivity contribution < 1.29 is 8.42 Å². The van der Waals surface area contributed by atoms with E-state index >= 15 is 0 Å². The van der Waals surface area contributed by atoms with Crippen molar-refractivity contribution in [2.24, 2.45) is 0 Å². The Hall–Kier alpha value is -0.910. The first-order valence-corrected chi connectivity index (χ1v) is 8.32. The number of rotatable bonds is 4. The number of nitrogens with zero attached hydrogens (tertiary/aromatic N) is 1. The molecule has 0 saturated carbocycles. The number of hydrogen-bond acceptors (Lipinski definition) is 3. The largest absolute Gasteiger partial charge is 0.284 e. The Kier molecular flexibility index (Phi) is 4.28. The average molecular weight is 282 g/mol. The van der Waals surface area contributed by atoms with E-state index in [0.29, 0.717) is 5.92 Å². The van der Waals surface area contributed by atoms with Gasteiger partial charge >= 0.3 is 0 Å². The van der Waals surface area contributed by atoms with Gasteiger partial charge in [-0.15, -0.1) is 0 Å². The van der Waals surface area contributed by atoms with Crippen molar-refractivity contribution in [1.29, 1.82) is 0 Å². The van der Waals surface area contributed by atoms with Crippen LogP contribution >= 0.6 is 0 Å². The van der Waals surface area contributed by atoms with Crippen LogP contribution in [0.4, 0.5) is 0 Å². The van der Waals surface area contributed by atoms with E-state index in [1.165, 1.54) is 23.7 Å². The van der Waals surface area contributed by atoms with Gasteiger partial charge in [0.25, 0.3) is 0 Å². The van der Waals surface area contributed by atoms with Crippen molar-refractivity contribution >= 4 is 10.0 Å². The molecule has 19 heavy (non-hydrogen) atoms. The Bertz CT molecular complexity index is 553. The highest BCUT2D eigenvalue weighted by Gasteiger charge is 2.21. The van der Waals surface area contributed by atoms with Gasteiger partial charge in [0, 0.05) is 13.1 Å². The maximum Gasteiger partial charge on any atom is 0.224 e. The summed E-state index contributed by atoms with van der Waals surface area (Å²) in [5.41, 5.74) is 3.93. The fraction of sp³-hybridized carbons (Fsp3) is 0.571. The molecule has 1 aliphatic rings. The minimum Gasteiger partial charge on any atom is -0.284 e. The van der Waals surface area contributed by atoms with E-state index in [-0.39, 0.29) is 5.88 Å². The van der Waals surface area contributed by atoms with Gasteiger partial charge in [-0.05, 0) is 36.1 Å². The van der Waals surface area contributed by atoms with E-state index in [1.807, 2.05) is 4.90 Å². The van der Waals surface area contributed by atoms with Crippen molar-refractivity contribution in [3.8, 4) is 0 Å². The van der Waals surface area contributed by atoms with Gasteiger partial charge in [0.15, 0.2) is 0 Å². The molecule has 0 bridgehead atoms. The van der Waals surface area contributed by atoms with Crippen LogP contribution in [-0.2, 0) is 23.0 Å². The molecule has 1 aromatic carbocycles. The third-order valence-electron chi connectivity index (χ3n) is 3.65.